The monoisotopic (exact) mass is 296 g/mol. The minimum Gasteiger partial charge on any atom is -0.481 e. The fourth-order valence-electron chi connectivity index (χ4n) is 1.42. The van der Waals surface area contributed by atoms with Gasteiger partial charge in [-0.05, 0) is 6.07 Å². The molecule has 0 radical (unpaired) electrons. The Balaban J connectivity index is 2.44. The average Bonchev–Trinajstić information content (AvgIpc) is 2.40. The van der Waals surface area contributed by atoms with Crippen molar-refractivity contribution >= 4 is 23.2 Å². The average molecular weight is 297 g/mol. The van der Waals surface area contributed by atoms with Crippen molar-refractivity contribution in [3.63, 3.8) is 0 Å². The van der Waals surface area contributed by atoms with Crippen LogP contribution in [0.1, 0.15) is 0 Å². The summed E-state index contributed by atoms with van der Waals surface area (Å²) in [6, 6.07) is 5.51. The molecule has 20 heavy (non-hydrogen) atoms. The van der Waals surface area contributed by atoms with Crippen molar-refractivity contribution in [1.29, 1.82) is 0 Å². The minimum atomic E-state index is -0.608. The van der Waals surface area contributed by atoms with Gasteiger partial charge in [0.15, 0.2) is 0 Å². The van der Waals surface area contributed by atoms with E-state index in [-0.39, 0.29) is 34.2 Å². The zero-order chi connectivity index (χ0) is 14.7. The predicted octanol–water partition coefficient (Wildman–Crippen LogP) is 2.42. The number of nitro benzene ring substituents is 1. The van der Waals surface area contributed by atoms with Crippen LogP contribution < -0.4 is 15.2 Å². The summed E-state index contributed by atoms with van der Waals surface area (Å²) in [5, 5.41) is 11.0. The van der Waals surface area contributed by atoms with Gasteiger partial charge in [0.2, 0.25) is 23.5 Å². The maximum Gasteiger partial charge on any atom is 0.313 e. The van der Waals surface area contributed by atoms with Gasteiger partial charge in [0.1, 0.15) is 0 Å². The van der Waals surface area contributed by atoms with E-state index in [2.05, 4.69) is 9.97 Å². The zero-order valence-corrected chi connectivity index (χ0v) is 11.0. The van der Waals surface area contributed by atoms with Gasteiger partial charge in [0.25, 0.3) is 0 Å². The molecular formula is C11H9ClN4O4. The summed E-state index contributed by atoms with van der Waals surface area (Å²) in [4.78, 5) is 17.9. The molecule has 0 aliphatic heterocycles. The van der Waals surface area contributed by atoms with Gasteiger partial charge >= 0.3 is 5.69 Å². The van der Waals surface area contributed by atoms with Gasteiger partial charge in [0, 0.05) is 6.07 Å². The van der Waals surface area contributed by atoms with Gasteiger partial charge in [-0.1, -0.05) is 17.7 Å². The van der Waals surface area contributed by atoms with E-state index in [0.717, 1.165) is 0 Å². The predicted molar refractivity (Wildman–Crippen MR) is 71.2 cm³/mol. The molecule has 0 amide bonds. The van der Waals surface area contributed by atoms with Crippen LogP contribution >= 0.6 is 11.6 Å². The third kappa shape index (κ3) is 2.86. The summed E-state index contributed by atoms with van der Waals surface area (Å²) in [7, 11) is 1.39. The Bertz CT molecular complexity index is 665. The van der Waals surface area contributed by atoms with E-state index in [0.29, 0.717) is 0 Å². The molecule has 1 heterocycles. The number of nitro groups is 1. The number of nitrogen functional groups attached to an aromatic ring is 1. The molecule has 0 unspecified atom stereocenters. The number of hydrogen-bond donors (Lipinski definition) is 1. The van der Waals surface area contributed by atoms with Crippen LogP contribution in [0.4, 0.5) is 11.6 Å². The van der Waals surface area contributed by atoms with Gasteiger partial charge in [0.05, 0.1) is 23.1 Å². The summed E-state index contributed by atoms with van der Waals surface area (Å²) < 4.78 is 10.2. The highest BCUT2D eigenvalue weighted by Crippen LogP contribution is 2.37. The summed E-state index contributed by atoms with van der Waals surface area (Å²) in [6.07, 6.45) is 0. The Hall–Kier alpha value is -2.61. The Morgan fingerprint density at radius 1 is 1.35 bits per heavy atom. The first-order valence-electron chi connectivity index (χ1n) is 5.30. The van der Waals surface area contributed by atoms with Crippen molar-refractivity contribution in [1.82, 2.24) is 9.97 Å². The van der Waals surface area contributed by atoms with Gasteiger partial charge in [-0.15, -0.1) is 0 Å². The Morgan fingerprint density at radius 3 is 2.70 bits per heavy atom. The summed E-state index contributed by atoms with van der Waals surface area (Å²) in [5.41, 5.74) is 5.19. The molecule has 0 spiro atoms. The SMILES string of the molecule is COc1cc(Oc2c(Cl)cccc2[N+](=O)[O-])nc(N)n1. The molecule has 0 aliphatic rings. The van der Waals surface area contributed by atoms with Crippen molar-refractivity contribution in [3.05, 3.63) is 39.4 Å². The number of nitrogens with zero attached hydrogens (tertiary/aromatic N) is 3. The van der Waals surface area contributed by atoms with Crippen LogP contribution in [0.25, 0.3) is 0 Å². The molecule has 9 heteroatoms. The van der Waals surface area contributed by atoms with Crippen LogP contribution in [0, 0.1) is 10.1 Å². The molecule has 0 saturated heterocycles. The topological polar surface area (TPSA) is 113 Å². The van der Waals surface area contributed by atoms with Gasteiger partial charge < -0.3 is 15.2 Å². The highest BCUT2D eigenvalue weighted by molar-refractivity contribution is 6.32. The van der Waals surface area contributed by atoms with Crippen LogP contribution in [0.5, 0.6) is 17.5 Å². The number of aromatic nitrogens is 2. The van der Waals surface area contributed by atoms with Crippen LogP contribution in [0.3, 0.4) is 0 Å². The van der Waals surface area contributed by atoms with Crippen molar-refractivity contribution < 1.29 is 14.4 Å². The molecule has 0 fully saturated rings. The molecule has 104 valence electrons. The summed E-state index contributed by atoms with van der Waals surface area (Å²) in [5.74, 6) is -0.0545. The third-order valence-corrected chi connectivity index (χ3v) is 2.55. The number of anilines is 1. The second kappa shape index (κ2) is 5.57. The van der Waals surface area contributed by atoms with Crippen LogP contribution in [-0.2, 0) is 0 Å². The number of ether oxygens (including phenoxy) is 2. The lowest BCUT2D eigenvalue weighted by atomic mass is 10.3. The minimum absolute atomic E-state index is 0.00875. The first-order valence-corrected chi connectivity index (χ1v) is 5.68. The number of benzene rings is 1. The number of para-hydroxylation sites is 1. The number of nitrogens with two attached hydrogens (primary N) is 1. The Labute approximate surface area is 118 Å². The molecule has 0 atom stereocenters. The number of halogens is 1. The third-order valence-electron chi connectivity index (χ3n) is 2.26. The molecule has 1 aromatic heterocycles. The van der Waals surface area contributed by atoms with Gasteiger partial charge in [-0.2, -0.15) is 9.97 Å². The number of hydrogen-bond acceptors (Lipinski definition) is 7. The van der Waals surface area contributed by atoms with Crippen molar-refractivity contribution in [3.8, 4) is 17.5 Å². The van der Waals surface area contributed by atoms with Crippen molar-refractivity contribution in [2.75, 3.05) is 12.8 Å². The second-order valence-electron chi connectivity index (χ2n) is 3.55. The standard InChI is InChI=1S/C11H9ClN4O4/c1-19-8-5-9(15-11(13)14-8)20-10-6(12)3-2-4-7(10)16(17)18/h2-5H,1H3,(H2,13,14,15). The quantitative estimate of drug-likeness (QED) is 0.680. The van der Waals surface area contributed by atoms with Crippen molar-refractivity contribution in [2.45, 2.75) is 0 Å². The second-order valence-corrected chi connectivity index (χ2v) is 3.96. The van der Waals surface area contributed by atoms with Crippen LogP contribution in [0.2, 0.25) is 5.02 Å². The lowest BCUT2D eigenvalue weighted by molar-refractivity contribution is -0.385. The normalized spacial score (nSPS) is 10.1. The summed E-state index contributed by atoms with van der Waals surface area (Å²) >= 11 is 5.90. The molecule has 2 N–H and O–H groups in total. The van der Waals surface area contributed by atoms with E-state index < -0.39 is 4.92 Å². The highest BCUT2D eigenvalue weighted by Gasteiger charge is 2.20. The lowest BCUT2D eigenvalue weighted by Crippen LogP contribution is -2.01. The molecular weight excluding hydrogens is 288 g/mol. The largest absolute Gasteiger partial charge is 0.481 e. The maximum atomic E-state index is 10.9. The lowest BCUT2D eigenvalue weighted by Gasteiger charge is -2.08. The van der Waals surface area contributed by atoms with E-state index in [4.69, 9.17) is 26.8 Å². The maximum absolute atomic E-state index is 10.9. The van der Waals surface area contributed by atoms with E-state index in [9.17, 15) is 10.1 Å². The molecule has 2 aromatic rings. The van der Waals surface area contributed by atoms with Crippen LogP contribution in [-0.4, -0.2) is 22.0 Å². The zero-order valence-electron chi connectivity index (χ0n) is 10.2. The van der Waals surface area contributed by atoms with Gasteiger partial charge in [-0.3, -0.25) is 10.1 Å². The molecule has 0 bridgehead atoms. The molecule has 2 rings (SSSR count). The van der Waals surface area contributed by atoms with E-state index >= 15 is 0 Å². The van der Waals surface area contributed by atoms with Crippen molar-refractivity contribution in [2.24, 2.45) is 0 Å². The summed E-state index contributed by atoms with van der Waals surface area (Å²) in [6.45, 7) is 0. The molecule has 8 nitrogen and oxygen atoms in total. The van der Waals surface area contributed by atoms with E-state index in [1.807, 2.05) is 0 Å². The fraction of sp³-hybridized carbons (Fsp3) is 0.0909. The molecule has 1 aromatic carbocycles. The van der Waals surface area contributed by atoms with E-state index in [1.54, 1.807) is 0 Å². The smallest absolute Gasteiger partial charge is 0.313 e. The molecule has 0 saturated carbocycles. The Morgan fingerprint density at radius 2 is 2.05 bits per heavy atom. The fourth-order valence-corrected chi connectivity index (χ4v) is 1.63. The number of rotatable bonds is 4. The first kappa shape index (κ1) is 13.8. The van der Waals surface area contributed by atoms with E-state index in [1.165, 1.54) is 31.4 Å². The van der Waals surface area contributed by atoms with Gasteiger partial charge in [-0.25, -0.2) is 0 Å². The Kier molecular flexibility index (Phi) is 3.85. The highest BCUT2D eigenvalue weighted by atomic mass is 35.5. The molecule has 0 aliphatic carbocycles. The van der Waals surface area contributed by atoms with Crippen LogP contribution in [0.15, 0.2) is 24.3 Å². The first-order chi connectivity index (χ1) is 9.51. The number of methoxy groups -OCH3 is 1.